The summed E-state index contributed by atoms with van der Waals surface area (Å²) in [5.41, 5.74) is -0.320. The van der Waals surface area contributed by atoms with Gasteiger partial charge in [-0.3, -0.25) is 9.78 Å². The number of likely N-dealkylation sites (tertiary alicyclic amines) is 2. The van der Waals surface area contributed by atoms with Gasteiger partial charge in [-0.25, -0.2) is 4.79 Å². The lowest BCUT2D eigenvalue weighted by molar-refractivity contribution is -0.129. The molecule has 25 heavy (non-hydrogen) atoms. The lowest BCUT2D eigenvalue weighted by atomic mass is 9.88. The van der Waals surface area contributed by atoms with Gasteiger partial charge >= 0.3 is 6.03 Å². The van der Waals surface area contributed by atoms with Crippen molar-refractivity contribution >= 4 is 11.9 Å². The van der Waals surface area contributed by atoms with E-state index in [0.29, 0.717) is 44.6 Å². The number of piperidine rings is 1. The Hall–Kier alpha value is -2.15. The second-order valence-corrected chi connectivity index (χ2v) is 7.22. The number of amides is 3. The van der Waals surface area contributed by atoms with Gasteiger partial charge in [0.25, 0.3) is 0 Å². The minimum absolute atomic E-state index is 0.0865. The zero-order valence-electron chi connectivity index (χ0n) is 14.8. The monoisotopic (exact) mass is 346 g/mol. The average Bonchev–Trinajstić information content (AvgIpc) is 2.97. The van der Waals surface area contributed by atoms with Crippen molar-refractivity contribution in [2.24, 2.45) is 0 Å². The lowest BCUT2D eigenvalue weighted by Gasteiger charge is -2.38. The van der Waals surface area contributed by atoms with Gasteiger partial charge in [-0.15, -0.1) is 0 Å². The number of rotatable bonds is 3. The summed E-state index contributed by atoms with van der Waals surface area (Å²) in [5, 5.41) is 13.7. The largest absolute Gasteiger partial charge is 0.383 e. The van der Waals surface area contributed by atoms with Crippen LogP contribution in [-0.4, -0.2) is 63.5 Å². The van der Waals surface area contributed by atoms with E-state index in [1.807, 2.05) is 32.0 Å². The van der Waals surface area contributed by atoms with E-state index in [4.69, 9.17) is 0 Å². The van der Waals surface area contributed by atoms with Crippen molar-refractivity contribution in [3.8, 4) is 0 Å². The predicted octanol–water partition coefficient (Wildman–Crippen LogP) is 1.08. The van der Waals surface area contributed by atoms with Crippen LogP contribution in [-0.2, 0) is 10.4 Å². The number of aliphatic hydroxyl groups is 1. The fraction of sp³-hybridized carbons (Fsp3) is 0.611. The number of aromatic nitrogens is 1. The first kappa shape index (κ1) is 17.7. The fourth-order valence-corrected chi connectivity index (χ4v) is 3.57. The Morgan fingerprint density at radius 1 is 1.36 bits per heavy atom. The normalized spacial score (nSPS) is 23.2. The molecule has 0 spiro atoms. The number of nitrogens with one attached hydrogen (secondary N) is 1. The molecule has 0 aliphatic carbocycles. The number of nitrogens with zero attached hydrogens (tertiary/aromatic N) is 3. The first-order valence-electron chi connectivity index (χ1n) is 8.88. The molecule has 1 atom stereocenters. The molecule has 1 aromatic heterocycles. The van der Waals surface area contributed by atoms with Crippen LogP contribution < -0.4 is 5.32 Å². The van der Waals surface area contributed by atoms with Gasteiger partial charge in [0, 0.05) is 38.3 Å². The van der Waals surface area contributed by atoms with Gasteiger partial charge in [0.1, 0.15) is 5.60 Å². The number of carbonyl (C=O) groups is 2. The van der Waals surface area contributed by atoms with Crippen molar-refractivity contribution in [3.05, 3.63) is 30.1 Å². The second kappa shape index (κ2) is 7.00. The van der Waals surface area contributed by atoms with E-state index in [-0.39, 0.29) is 24.0 Å². The van der Waals surface area contributed by atoms with Crippen LogP contribution >= 0.6 is 0 Å². The predicted molar refractivity (Wildman–Crippen MR) is 92.7 cm³/mol. The van der Waals surface area contributed by atoms with Crippen LogP contribution in [0.25, 0.3) is 0 Å². The van der Waals surface area contributed by atoms with Crippen LogP contribution in [0.2, 0.25) is 0 Å². The third-order valence-corrected chi connectivity index (χ3v) is 5.13. The lowest BCUT2D eigenvalue weighted by Crippen LogP contribution is -2.51. The van der Waals surface area contributed by atoms with Crippen molar-refractivity contribution in [2.75, 3.05) is 19.6 Å². The van der Waals surface area contributed by atoms with Crippen molar-refractivity contribution in [1.29, 1.82) is 0 Å². The second-order valence-electron chi connectivity index (χ2n) is 7.22. The molecule has 7 heteroatoms. The minimum atomic E-state index is -0.976. The molecular formula is C18H26N4O3. The van der Waals surface area contributed by atoms with Gasteiger partial charge in [0.05, 0.1) is 11.7 Å². The molecule has 3 amide bonds. The topological polar surface area (TPSA) is 85.8 Å². The molecule has 1 aromatic rings. The molecule has 0 radical (unpaired) electrons. The smallest absolute Gasteiger partial charge is 0.317 e. The molecule has 3 rings (SSSR count). The highest BCUT2D eigenvalue weighted by molar-refractivity contribution is 5.82. The molecule has 136 valence electrons. The summed E-state index contributed by atoms with van der Waals surface area (Å²) >= 11 is 0. The Balaban J connectivity index is 1.53. The summed E-state index contributed by atoms with van der Waals surface area (Å²) in [4.78, 5) is 32.2. The molecule has 3 heterocycles. The SMILES string of the molecule is CC(C)N1C[C@H](NC(=O)N2CCC(O)(c3ccccn3)CC2)CC1=O. The molecule has 0 saturated carbocycles. The Labute approximate surface area is 148 Å². The third-order valence-electron chi connectivity index (χ3n) is 5.13. The zero-order valence-corrected chi connectivity index (χ0v) is 14.8. The summed E-state index contributed by atoms with van der Waals surface area (Å²) < 4.78 is 0. The number of hydrogen-bond acceptors (Lipinski definition) is 4. The molecule has 0 aromatic carbocycles. The Morgan fingerprint density at radius 3 is 2.64 bits per heavy atom. The summed E-state index contributed by atoms with van der Waals surface area (Å²) in [6.07, 6.45) is 2.94. The standard InChI is InChI=1S/C18H26N4O3/c1-13(2)22-12-14(11-16(22)23)20-17(24)21-9-6-18(25,7-10-21)15-5-3-4-8-19-15/h3-5,8,13-14,25H,6-7,9-12H2,1-2H3,(H,20,24)/t14-/m1/s1. The minimum Gasteiger partial charge on any atom is -0.383 e. The van der Waals surface area contributed by atoms with Crippen molar-refractivity contribution in [2.45, 2.75) is 50.8 Å². The van der Waals surface area contributed by atoms with Gasteiger partial charge in [-0.1, -0.05) is 6.07 Å². The van der Waals surface area contributed by atoms with E-state index in [1.54, 1.807) is 16.0 Å². The zero-order chi connectivity index (χ0) is 18.0. The summed E-state index contributed by atoms with van der Waals surface area (Å²) in [6, 6.07) is 5.35. The molecule has 2 fully saturated rings. The third kappa shape index (κ3) is 3.76. The average molecular weight is 346 g/mol. The Bertz CT molecular complexity index is 626. The van der Waals surface area contributed by atoms with Gasteiger partial charge in [0.15, 0.2) is 0 Å². The number of hydrogen-bond donors (Lipinski definition) is 2. The maximum absolute atomic E-state index is 12.5. The highest BCUT2D eigenvalue weighted by Gasteiger charge is 2.38. The molecule has 2 saturated heterocycles. The summed E-state index contributed by atoms with van der Waals surface area (Å²) in [6.45, 7) is 5.45. The molecule has 2 aliphatic rings. The van der Waals surface area contributed by atoms with Crippen LogP contribution in [0.15, 0.2) is 24.4 Å². The van der Waals surface area contributed by atoms with Gasteiger partial charge in [-0.05, 0) is 38.8 Å². The van der Waals surface area contributed by atoms with E-state index in [0.717, 1.165) is 0 Å². The first-order chi connectivity index (χ1) is 11.9. The van der Waals surface area contributed by atoms with E-state index in [9.17, 15) is 14.7 Å². The summed E-state index contributed by atoms with van der Waals surface area (Å²) in [7, 11) is 0. The maximum Gasteiger partial charge on any atom is 0.317 e. The van der Waals surface area contributed by atoms with Crippen molar-refractivity contribution in [1.82, 2.24) is 20.1 Å². The summed E-state index contributed by atoms with van der Waals surface area (Å²) in [5.74, 6) is 0.0865. The van der Waals surface area contributed by atoms with E-state index in [1.165, 1.54) is 0 Å². The van der Waals surface area contributed by atoms with E-state index >= 15 is 0 Å². The number of urea groups is 1. The van der Waals surface area contributed by atoms with Gasteiger partial charge < -0.3 is 20.2 Å². The fourth-order valence-electron chi connectivity index (χ4n) is 3.57. The number of pyridine rings is 1. The van der Waals surface area contributed by atoms with E-state index < -0.39 is 5.60 Å². The molecule has 7 nitrogen and oxygen atoms in total. The van der Waals surface area contributed by atoms with Crippen molar-refractivity contribution in [3.63, 3.8) is 0 Å². The highest BCUT2D eigenvalue weighted by Crippen LogP contribution is 2.31. The molecular weight excluding hydrogens is 320 g/mol. The Kier molecular flexibility index (Phi) is 4.94. The maximum atomic E-state index is 12.5. The Morgan fingerprint density at radius 2 is 2.08 bits per heavy atom. The molecule has 0 unspecified atom stereocenters. The van der Waals surface area contributed by atoms with E-state index in [2.05, 4.69) is 10.3 Å². The van der Waals surface area contributed by atoms with Crippen LogP contribution in [0.1, 0.15) is 38.8 Å². The quantitative estimate of drug-likeness (QED) is 0.858. The van der Waals surface area contributed by atoms with Crippen LogP contribution in [0, 0.1) is 0 Å². The molecule has 0 bridgehead atoms. The van der Waals surface area contributed by atoms with Crippen LogP contribution in [0.3, 0.4) is 0 Å². The van der Waals surface area contributed by atoms with Crippen LogP contribution in [0.4, 0.5) is 4.79 Å². The highest BCUT2D eigenvalue weighted by atomic mass is 16.3. The first-order valence-corrected chi connectivity index (χ1v) is 8.88. The number of carbonyl (C=O) groups excluding carboxylic acids is 2. The van der Waals surface area contributed by atoms with Gasteiger partial charge in [-0.2, -0.15) is 0 Å². The molecule has 2 N–H and O–H groups in total. The molecule has 2 aliphatic heterocycles. The van der Waals surface area contributed by atoms with Gasteiger partial charge in [0.2, 0.25) is 5.91 Å². The van der Waals surface area contributed by atoms with Crippen molar-refractivity contribution < 1.29 is 14.7 Å². The van der Waals surface area contributed by atoms with Crippen LogP contribution in [0.5, 0.6) is 0 Å².